The Morgan fingerprint density at radius 3 is 1.55 bits per heavy atom. The normalized spacial score (nSPS) is 13.0. The Kier molecular flexibility index (Phi) is 25.0. The van der Waals surface area contributed by atoms with Crippen molar-refractivity contribution < 1.29 is 38.4 Å². The number of aliphatic hydroxyl groups is 3. The molecule has 1 heterocycles. The van der Waals surface area contributed by atoms with Gasteiger partial charge in [0.05, 0.1) is 24.3 Å². The van der Waals surface area contributed by atoms with Crippen LogP contribution in [-0.4, -0.2) is 56.1 Å². The quantitative estimate of drug-likeness (QED) is 0.0860. The number of Topliss-reactive ketones (excluding diaryl/α,β-unsaturated/α-hetero) is 1. The number of carbonyl (C=O) groups is 2. The van der Waals surface area contributed by atoms with Crippen LogP contribution in [0.4, 0.5) is 8.78 Å². The van der Waals surface area contributed by atoms with Crippen LogP contribution in [-0.2, 0) is 16.1 Å². The zero-order valence-corrected chi connectivity index (χ0v) is 40.2. The predicted molar refractivity (Wildman–Crippen MR) is 253 cm³/mol. The molecule has 1 aliphatic carbocycles. The van der Waals surface area contributed by atoms with Gasteiger partial charge in [0.25, 0.3) is 0 Å². The molecule has 1 fully saturated rings. The summed E-state index contributed by atoms with van der Waals surface area (Å²) < 4.78 is 35.1. The Hall–Kier alpha value is -4.18. The second-order valence-corrected chi connectivity index (χ2v) is 17.9. The number of halogens is 2. The molecule has 0 amide bonds. The maximum absolute atomic E-state index is 13.9. The first-order chi connectivity index (χ1) is 29.1. The molecule has 0 saturated heterocycles. The maximum atomic E-state index is 13.9. The highest BCUT2D eigenvalue weighted by atomic mass is 19.1. The van der Waals surface area contributed by atoms with Crippen LogP contribution in [0.2, 0.25) is 0 Å². The van der Waals surface area contributed by atoms with Crippen molar-refractivity contribution in [1.82, 2.24) is 4.57 Å². The molecule has 7 nitrogen and oxygen atoms in total. The number of aromatic nitrogens is 1. The lowest BCUT2D eigenvalue weighted by Crippen LogP contribution is -2.28. The third kappa shape index (κ3) is 19.9. The molecule has 4 aromatic rings. The van der Waals surface area contributed by atoms with Crippen LogP contribution in [0.5, 0.6) is 0 Å². The standard InChI is InChI=1S/C33H41F2NO5.C8H10.C6H14O.C4H8.C2H6/c1-7-27(39)30-29(21-8-12-23(34)13-9-21)32(22-10-14-24(35)15-11-22)36(31(30)20(2)3)17-16-25(37)18-26(38)19-28(40)41-33(4,5)6;1-7-3-5-8(2)6-4-7;1-4-6(2,3)5-7;1-2-4-3-1;1-2/h8-15,20,25-26,37-38H,7,16-19H2,1-6H3;3-6H,1-2H3;7H,4-5H2,1-3H3;1-4H2;1-2H3. The highest BCUT2D eigenvalue weighted by molar-refractivity contribution is 6.07. The SMILES string of the molecule is C1CCC1.CC.CCC(=O)c1c(-c2ccc(F)cc2)c(-c2ccc(F)cc2)n(CCC(O)CC(O)CC(=O)OC(C)(C)C)c1C(C)C.CCC(C)(C)CO.Cc1ccc(C)cc1. The van der Waals surface area contributed by atoms with E-state index in [1.807, 2.05) is 46.1 Å². The van der Waals surface area contributed by atoms with Crippen molar-refractivity contribution in [2.75, 3.05) is 6.61 Å². The minimum atomic E-state index is -1.09. The molecule has 0 bridgehead atoms. The van der Waals surface area contributed by atoms with E-state index in [0.29, 0.717) is 34.6 Å². The number of hydrogen-bond acceptors (Lipinski definition) is 6. The molecule has 9 heteroatoms. The summed E-state index contributed by atoms with van der Waals surface area (Å²) in [4.78, 5) is 25.6. The molecular weight excluding hydrogens is 785 g/mol. The van der Waals surface area contributed by atoms with Crippen molar-refractivity contribution in [3.63, 3.8) is 0 Å². The van der Waals surface area contributed by atoms with Crippen molar-refractivity contribution in [2.45, 2.75) is 178 Å². The Balaban J connectivity index is 0.000000741. The van der Waals surface area contributed by atoms with E-state index in [0.717, 1.165) is 12.1 Å². The van der Waals surface area contributed by atoms with Gasteiger partial charge in [-0.2, -0.15) is 0 Å². The molecule has 3 aromatic carbocycles. The molecule has 0 radical (unpaired) electrons. The summed E-state index contributed by atoms with van der Waals surface area (Å²) in [5, 5.41) is 29.9. The first-order valence-corrected chi connectivity index (χ1v) is 22.7. The highest BCUT2D eigenvalue weighted by Gasteiger charge is 2.30. The van der Waals surface area contributed by atoms with Gasteiger partial charge < -0.3 is 24.6 Å². The largest absolute Gasteiger partial charge is 0.460 e. The van der Waals surface area contributed by atoms with Crippen molar-refractivity contribution in [2.24, 2.45) is 5.41 Å². The van der Waals surface area contributed by atoms with Crippen LogP contribution in [0.1, 0.15) is 167 Å². The fraction of sp³-hybridized carbons (Fsp3) is 0.547. The van der Waals surface area contributed by atoms with Gasteiger partial charge in [0.2, 0.25) is 0 Å². The van der Waals surface area contributed by atoms with Crippen LogP contribution >= 0.6 is 0 Å². The van der Waals surface area contributed by atoms with Crippen LogP contribution < -0.4 is 0 Å². The van der Waals surface area contributed by atoms with Crippen LogP contribution in [0.15, 0.2) is 72.8 Å². The molecule has 346 valence electrons. The van der Waals surface area contributed by atoms with Gasteiger partial charge in [-0.1, -0.05) is 129 Å². The number of aryl methyl sites for hydroxylation is 2. The number of rotatable bonds is 14. The second-order valence-electron chi connectivity index (χ2n) is 17.9. The lowest BCUT2D eigenvalue weighted by atomic mass is 9.92. The smallest absolute Gasteiger partial charge is 0.308 e. The minimum Gasteiger partial charge on any atom is -0.460 e. The molecule has 0 spiro atoms. The van der Waals surface area contributed by atoms with Gasteiger partial charge in [-0.05, 0) is 113 Å². The lowest BCUT2D eigenvalue weighted by molar-refractivity contribution is -0.157. The van der Waals surface area contributed by atoms with Gasteiger partial charge in [-0.3, -0.25) is 9.59 Å². The lowest BCUT2D eigenvalue weighted by Gasteiger charge is -2.22. The topological polar surface area (TPSA) is 109 Å². The summed E-state index contributed by atoms with van der Waals surface area (Å²) in [5.41, 5.74) is 6.02. The maximum Gasteiger partial charge on any atom is 0.308 e. The Labute approximate surface area is 373 Å². The molecule has 2 unspecified atom stereocenters. The van der Waals surface area contributed by atoms with Crippen molar-refractivity contribution in [3.05, 3.63) is 107 Å². The van der Waals surface area contributed by atoms with E-state index in [2.05, 4.69) is 45.0 Å². The highest BCUT2D eigenvalue weighted by Crippen LogP contribution is 2.43. The first-order valence-electron chi connectivity index (χ1n) is 22.7. The molecule has 1 saturated carbocycles. The number of esters is 1. The molecular formula is C53H79F2NO6. The molecule has 1 aliphatic rings. The van der Waals surface area contributed by atoms with Gasteiger partial charge in [-0.15, -0.1) is 0 Å². The molecule has 1 aromatic heterocycles. The molecule has 2 atom stereocenters. The average molecular weight is 864 g/mol. The summed E-state index contributed by atoms with van der Waals surface area (Å²) in [5.74, 6) is -1.53. The van der Waals surface area contributed by atoms with E-state index in [1.54, 1.807) is 52.0 Å². The summed E-state index contributed by atoms with van der Waals surface area (Å²) >= 11 is 0. The molecule has 0 aliphatic heterocycles. The van der Waals surface area contributed by atoms with Crippen LogP contribution in [0, 0.1) is 30.9 Å². The minimum absolute atomic E-state index is 0.0328. The fourth-order valence-electron chi connectivity index (χ4n) is 6.10. The Morgan fingerprint density at radius 2 is 1.19 bits per heavy atom. The summed E-state index contributed by atoms with van der Waals surface area (Å²) in [6.07, 6.45) is 5.21. The third-order valence-electron chi connectivity index (χ3n) is 10.4. The van der Waals surface area contributed by atoms with Gasteiger partial charge >= 0.3 is 5.97 Å². The molecule has 3 N–H and O–H groups in total. The predicted octanol–water partition coefficient (Wildman–Crippen LogP) is 13.4. The number of ketones is 1. The zero-order chi connectivity index (χ0) is 47.2. The molecule has 62 heavy (non-hydrogen) atoms. The summed E-state index contributed by atoms with van der Waals surface area (Å²) in [7, 11) is 0. The monoisotopic (exact) mass is 864 g/mol. The summed E-state index contributed by atoms with van der Waals surface area (Å²) in [6.45, 7) is 25.9. The van der Waals surface area contributed by atoms with Gasteiger partial charge in [0.1, 0.15) is 17.2 Å². The van der Waals surface area contributed by atoms with E-state index >= 15 is 0 Å². The van der Waals surface area contributed by atoms with E-state index < -0.39 is 35.4 Å². The van der Waals surface area contributed by atoms with Crippen molar-refractivity contribution >= 4 is 11.8 Å². The average Bonchev–Trinajstić information content (AvgIpc) is 3.53. The third-order valence-corrected chi connectivity index (χ3v) is 10.4. The van der Waals surface area contributed by atoms with Crippen LogP contribution in [0.25, 0.3) is 22.4 Å². The van der Waals surface area contributed by atoms with E-state index in [9.17, 15) is 28.6 Å². The van der Waals surface area contributed by atoms with E-state index in [-0.39, 0.29) is 49.3 Å². The van der Waals surface area contributed by atoms with E-state index in [4.69, 9.17) is 9.84 Å². The number of aliphatic hydroxyl groups excluding tert-OH is 3. The Bertz CT molecular complexity index is 1840. The number of benzene rings is 3. The number of carbonyl (C=O) groups excluding carboxylic acids is 2. The Morgan fingerprint density at radius 1 is 0.742 bits per heavy atom. The number of hydrogen-bond donors (Lipinski definition) is 3. The summed E-state index contributed by atoms with van der Waals surface area (Å²) in [6, 6.07) is 20.4. The fourth-order valence-corrected chi connectivity index (χ4v) is 6.10. The van der Waals surface area contributed by atoms with Crippen molar-refractivity contribution in [1.29, 1.82) is 0 Å². The van der Waals surface area contributed by atoms with Gasteiger partial charge in [-0.25, -0.2) is 8.78 Å². The number of ether oxygens (including phenoxy) is 1. The van der Waals surface area contributed by atoms with Gasteiger partial charge in [0, 0.05) is 36.4 Å². The second kappa shape index (κ2) is 27.8. The van der Waals surface area contributed by atoms with Crippen LogP contribution in [0.3, 0.4) is 0 Å². The van der Waals surface area contributed by atoms with Gasteiger partial charge in [0.15, 0.2) is 5.78 Å². The first kappa shape index (κ1) is 55.8. The molecule has 5 rings (SSSR count). The van der Waals surface area contributed by atoms with Crippen molar-refractivity contribution in [3.8, 4) is 22.4 Å². The number of nitrogens with zero attached hydrogens (tertiary/aromatic N) is 1. The zero-order valence-electron chi connectivity index (χ0n) is 40.2. The van der Waals surface area contributed by atoms with E-state index in [1.165, 1.54) is 61.1 Å².